The summed E-state index contributed by atoms with van der Waals surface area (Å²) >= 11 is 1.07. The Bertz CT molecular complexity index is 917. The highest BCUT2D eigenvalue weighted by molar-refractivity contribution is 7.99. The first-order valence-corrected chi connectivity index (χ1v) is 9.74. The van der Waals surface area contributed by atoms with Crippen molar-refractivity contribution in [2.24, 2.45) is 0 Å². The van der Waals surface area contributed by atoms with E-state index in [1.807, 2.05) is 6.92 Å². The molecule has 1 aliphatic heterocycles. The number of aromatic nitrogens is 2. The fourth-order valence-electron chi connectivity index (χ4n) is 2.47. The van der Waals surface area contributed by atoms with Gasteiger partial charge in [0.15, 0.2) is 16.7 Å². The van der Waals surface area contributed by atoms with Gasteiger partial charge in [0.1, 0.15) is 6.61 Å². The Labute approximate surface area is 165 Å². The van der Waals surface area contributed by atoms with Crippen LogP contribution in [0.2, 0.25) is 0 Å². The molecule has 148 valence electrons. The van der Waals surface area contributed by atoms with Gasteiger partial charge in [-0.15, -0.1) is 0 Å². The third-order valence-corrected chi connectivity index (χ3v) is 4.62. The average molecular weight is 404 g/mol. The number of carbonyl (C=O) groups is 2. The molecule has 2 aromatic rings. The molecule has 2 amide bonds. The summed E-state index contributed by atoms with van der Waals surface area (Å²) in [7, 11) is 0. The molecule has 0 spiro atoms. The molecule has 1 aromatic heterocycles. The van der Waals surface area contributed by atoms with E-state index in [0.29, 0.717) is 28.8 Å². The number of hydrazine groups is 1. The molecule has 1 aliphatic rings. The van der Waals surface area contributed by atoms with Crippen LogP contribution in [0.25, 0.3) is 0 Å². The molecule has 0 bridgehead atoms. The summed E-state index contributed by atoms with van der Waals surface area (Å²) in [5, 5.41) is 0.359. The molecule has 3 rings (SSSR count). The number of ether oxygens (including phenoxy) is 2. The normalized spacial score (nSPS) is 15.0. The van der Waals surface area contributed by atoms with Crippen LogP contribution in [0.4, 0.5) is 0 Å². The zero-order chi connectivity index (χ0) is 19.9. The number of nitrogens with one attached hydrogen (secondary N) is 3. The number of hydrogen-bond donors (Lipinski definition) is 3. The molecule has 0 saturated carbocycles. The van der Waals surface area contributed by atoms with Gasteiger partial charge < -0.3 is 14.5 Å². The lowest BCUT2D eigenvalue weighted by Gasteiger charge is -2.25. The average Bonchev–Trinajstić information content (AvgIpc) is 2.70. The van der Waals surface area contributed by atoms with E-state index in [1.54, 1.807) is 24.3 Å². The zero-order valence-corrected chi connectivity index (χ0v) is 16.0. The number of aryl methyl sites for hydroxylation is 1. The van der Waals surface area contributed by atoms with Crippen LogP contribution in [0.1, 0.15) is 19.0 Å². The first-order valence-electron chi connectivity index (χ1n) is 8.75. The number of rotatable bonds is 6. The molecule has 0 fully saturated rings. The minimum absolute atomic E-state index is 0.0242. The number of carbonyl (C=O) groups excluding carboxylic acids is 2. The van der Waals surface area contributed by atoms with E-state index in [1.165, 1.54) is 6.07 Å². The molecule has 0 radical (unpaired) electrons. The third-order valence-electron chi connectivity index (χ3n) is 3.75. The van der Waals surface area contributed by atoms with Crippen molar-refractivity contribution in [2.75, 3.05) is 12.4 Å². The quantitative estimate of drug-likeness (QED) is 0.370. The molecule has 1 aromatic carbocycles. The maximum atomic E-state index is 12.2. The van der Waals surface area contributed by atoms with E-state index in [4.69, 9.17) is 9.47 Å². The summed E-state index contributed by atoms with van der Waals surface area (Å²) in [4.78, 5) is 42.6. The fraction of sp³-hybridized carbons (Fsp3) is 0.333. The Morgan fingerprint density at radius 1 is 1.29 bits per heavy atom. The Balaban J connectivity index is 1.46. The van der Waals surface area contributed by atoms with Crippen molar-refractivity contribution in [3.63, 3.8) is 0 Å². The van der Waals surface area contributed by atoms with Crippen LogP contribution in [0, 0.1) is 0 Å². The number of benzene rings is 1. The van der Waals surface area contributed by atoms with Gasteiger partial charge >= 0.3 is 0 Å². The topological polar surface area (TPSA) is 122 Å². The number of para-hydroxylation sites is 2. The number of aromatic amines is 1. The maximum absolute atomic E-state index is 12.2. The smallest absolute Gasteiger partial charge is 0.283 e. The standard InChI is InChI=1S/C18H20N4O5S/c1-2-5-11-8-15(23)20-18(19-11)28-10-16(24)21-22-17(25)14-9-26-12-6-3-4-7-13(12)27-14/h3-4,6-8,14H,2,5,9-10H2,1H3,(H,21,24)(H,22,25)(H,19,20,23)/t14-/m1/s1. The number of amides is 2. The monoisotopic (exact) mass is 404 g/mol. The SMILES string of the molecule is CCCc1cc(=O)[nH]c(SCC(=O)NNC(=O)[C@H]2COc3ccccc3O2)n1. The van der Waals surface area contributed by atoms with E-state index in [9.17, 15) is 14.4 Å². The second-order valence-corrected chi connectivity index (χ2v) is 6.95. The Morgan fingerprint density at radius 2 is 2.07 bits per heavy atom. The second-order valence-electron chi connectivity index (χ2n) is 5.98. The van der Waals surface area contributed by atoms with Crippen LogP contribution in [0.15, 0.2) is 40.3 Å². The first kappa shape index (κ1) is 19.7. The summed E-state index contributed by atoms with van der Waals surface area (Å²) in [5.74, 6) is 0.0452. The van der Waals surface area contributed by atoms with Crippen molar-refractivity contribution in [3.8, 4) is 11.5 Å². The number of hydrogen-bond acceptors (Lipinski definition) is 7. The zero-order valence-electron chi connectivity index (χ0n) is 15.2. The van der Waals surface area contributed by atoms with Gasteiger partial charge in [0.25, 0.3) is 11.5 Å². The van der Waals surface area contributed by atoms with Gasteiger partial charge in [-0.1, -0.05) is 37.2 Å². The van der Waals surface area contributed by atoms with E-state index in [0.717, 1.165) is 18.2 Å². The van der Waals surface area contributed by atoms with Crippen LogP contribution in [-0.2, 0) is 16.0 Å². The minimum atomic E-state index is -0.869. The van der Waals surface area contributed by atoms with Crippen molar-refractivity contribution in [2.45, 2.75) is 31.0 Å². The molecule has 0 saturated heterocycles. The Kier molecular flexibility index (Phi) is 6.53. The van der Waals surface area contributed by atoms with Crippen molar-refractivity contribution in [3.05, 3.63) is 46.4 Å². The van der Waals surface area contributed by atoms with Gasteiger partial charge in [-0.2, -0.15) is 0 Å². The van der Waals surface area contributed by atoms with Gasteiger partial charge in [-0.05, 0) is 18.6 Å². The highest BCUT2D eigenvalue weighted by Crippen LogP contribution is 2.30. The molecule has 0 unspecified atom stereocenters. The van der Waals surface area contributed by atoms with E-state index >= 15 is 0 Å². The van der Waals surface area contributed by atoms with Crippen LogP contribution < -0.4 is 25.9 Å². The summed E-state index contributed by atoms with van der Waals surface area (Å²) in [6.07, 6.45) is 0.684. The summed E-state index contributed by atoms with van der Waals surface area (Å²) in [5.41, 5.74) is 5.04. The number of fused-ring (bicyclic) bond motifs is 1. The molecule has 28 heavy (non-hydrogen) atoms. The fourth-order valence-corrected chi connectivity index (χ4v) is 3.16. The van der Waals surface area contributed by atoms with Crippen molar-refractivity contribution in [1.82, 2.24) is 20.8 Å². The van der Waals surface area contributed by atoms with Crippen LogP contribution in [0.3, 0.4) is 0 Å². The summed E-state index contributed by atoms with van der Waals surface area (Å²) in [6.45, 7) is 2.04. The maximum Gasteiger partial charge on any atom is 0.283 e. The van der Waals surface area contributed by atoms with Gasteiger partial charge in [-0.3, -0.25) is 25.2 Å². The molecule has 9 nitrogen and oxygen atoms in total. The van der Waals surface area contributed by atoms with Crippen LogP contribution in [0.5, 0.6) is 11.5 Å². The van der Waals surface area contributed by atoms with Gasteiger partial charge in [-0.25, -0.2) is 4.98 Å². The molecule has 3 N–H and O–H groups in total. The minimum Gasteiger partial charge on any atom is -0.485 e. The van der Waals surface area contributed by atoms with E-state index < -0.39 is 17.9 Å². The van der Waals surface area contributed by atoms with Crippen LogP contribution >= 0.6 is 11.8 Å². The Morgan fingerprint density at radius 3 is 2.86 bits per heavy atom. The Hall–Kier alpha value is -3.01. The molecule has 1 atom stereocenters. The second kappa shape index (κ2) is 9.27. The third kappa shape index (κ3) is 5.26. The summed E-state index contributed by atoms with van der Waals surface area (Å²) < 4.78 is 11.0. The lowest BCUT2D eigenvalue weighted by Crippen LogP contribution is -2.51. The van der Waals surface area contributed by atoms with Crippen molar-refractivity contribution in [1.29, 1.82) is 0 Å². The molecule has 10 heteroatoms. The predicted molar refractivity (Wildman–Crippen MR) is 102 cm³/mol. The van der Waals surface area contributed by atoms with Crippen molar-refractivity contribution < 1.29 is 19.1 Å². The van der Waals surface area contributed by atoms with Gasteiger partial charge in [0.05, 0.1) is 5.75 Å². The highest BCUT2D eigenvalue weighted by Gasteiger charge is 2.27. The lowest BCUT2D eigenvalue weighted by molar-refractivity contribution is -0.134. The van der Waals surface area contributed by atoms with Crippen LogP contribution in [-0.4, -0.2) is 40.2 Å². The lowest BCUT2D eigenvalue weighted by atomic mass is 10.2. The summed E-state index contributed by atoms with van der Waals surface area (Å²) in [6, 6.07) is 8.47. The first-order chi connectivity index (χ1) is 13.5. The number of H-pyrrole nitrogens is 1. The van der Waals surface area contributed by atoms with Gasteiger partial charge in [0.2, 0.25) is 12.0 Å². The number of thioether (sulfide) groups is 1. The van der Waals surface area contributed by atoms with Crippen molar-refractivity contribution >= 4 is 23.6 Å². The number of nitrogens with zero attached hydrogens (tertiary/aromatic N) is 1. The molecular weight excluding hydrogens is 384 g/mol. The molecule has 2 heterocycles. The van der Waals surface area contributed by atoms with E-state index in [-0.39, 0.29) is 17.9 Å². The van der Waals surface area contributed by atoms with E-state index in [2.05, 4.69) is 20.8 Å². The highest BCUT2D eigenvalue weighted by atomic mass is 32.2. The molecule has 0 aliphatic carbocycles. The molecular formula is C18H20N4O5S. The largest absolute Gasteiger partial charge is 0.485 e. The predicted octanol–water partition coefficient (Wildman–Crippen LogP) is 0.802. The van der Waals surface area contributed by atoms with Gasteiger partial charge in [0, 0.05) is 11.8 Å².